The number of imide groups is 1. The third kappa shape index (κ3) is 4.20. The van der Waals surface area contributed by atoms with Gasteiger partial charge in [-0.2, -0.15) is 0 Å². The molecule has 2 aliphatic heterocycles. The Kier molecular flexibility index (Phi) is 5.82. The van der Waals surface area contributed by atoms with Gasteiger partial charge in [-0.05, 0) is 49.4 Å². The summed E-state index contributed by atoms with van der Waals surface area (Å²) < 4.78 is 13.2. The smallest absolute Gasteiger partial charge is 0.332 e. The molecule has 4 amide bonds. The van der Waals surface area contributed by atoms with Crippen LogP contribution in [-0.2, 0) is 9.59 Å². The van der Waals surface area contributed by atoms with Crippen LogP contribution in [0.1, 0.15) is 6.92 Å². The Morgan fingerprint density at radius 3 is 2.35 bits per heavy atom. The Labute approximate surface area is 184 Å². The Morgan fingerprint density at radius 2 is 1.71 bits per heavy atom. The molecule has 162 valence electrons. The van der Waals surface area contributed by atoms with Crippen LogP contribution in [0.5, 0.6) is 0 Å². The first-order valence-corrected chi connectivity index (χ1v) is 10.4. The van der Waals surface area contributed by atoms with Gasteiger partial charge in [0.25, 0.3) is 5.91 Å². The van der Waals surface area contributed by atoms with Gasteiger partial charge in [0.15, 0.2) is 0 Å². The highest BCUT2D eigenvalue weighted by Gasteiger charge is 2.44. The van der Waals surface area contributed by atoms with Crippen LogP contribution in [0.25, 0.3) is 0 Å². The van der Waals surface area contributed by atoms with E-state index in [0.29, 0.717) is 36.9 Å². The number of anilines is 2. The lowest BCUT2D eigenvalue weighted by Crippen LogP contribution is -2.52. The third-order valence-electron chi connectivity index (χ3n) is 5.65. The molecule has 2 saturated heterocycles. The van der Waals surface area contributed by atoms with Crippen molar-refractivity contribution in [2.45, 2.75) is 13.0 Å². The van der Waals surface area contributed by atoms with Crippen LogP contribution in [0.3, 0.4) is 0 Å². The van der Waals surface area contributed by atoms with Gasteiger partial charge in [0.05, 0.1) is 0 Å². The molecule has 0 aliphatic carbocycles. The summed E-state index contributed by atoms with van der Waals surface area (Å²) in [5.74, 6) is -1.15. The lowest BCUT2D eigenvalue weighted by molar-refractivity contribution is -0.137. The Balaban J connectivity index is 1.39. The van der Waals surface area contributed by atoms with Crippen LogP contribution < -0.4 is 9.80 Å². The van der Waals surface area contributed by atoms with Crippen molar-refractivity contribution >= 4 is 40.8 Å². The average Bonchev–Trinajstić information content (AvgIpc) is 2.98. The van der Waals surface area contributed by atoms with Gasteiger partial charge in [-0.1, -0.05) is 17.7 Å². The van der Waals surface area contributed by atoms with Gasteiger partial charge in [-0.15, -0.1) is 0 Å². The second kappa shape index (κ2) is 8.55. The molecule has 0 radical (unpaired) electrons. The van der Waals surface area contributed by atoms with Crippen molar-refractivity contribution in [2.75, 3.05) is 42.5 Å². The highest BCUT2D eigenvalue weighted by atomic mass is 35.5. The number of carbonyl (C=O) groups is 3. The predicted molar refractivity (Wildman–Crippen MR) is 116 cm³/mol. The van der Waals surface area contributed by atoms with Crippen LogP contribution in [0.4, 0.5) is 20.6 Å². The van der Waals surface area contributed by atoms with Gasteiger partial charge in [0.2, 0.25) is 5.91 Å². The van der Waals surface area contributed by atoms with E-state index in [2.05, 4.69) is 4.90 Å². The van der Waals surface area contributed by atoms with E-state index in [1.54, 1.807) is 11.8 Å². The SMILES string of the molecule is C[C@@H]1C(=O)N(CC(=O)N2CCN(c3cccc(Cl)c3)CC2)C(=O)N1c1ccc(F)cc1. The molecule has 31 heavy (non-hydrogen) atoms. The van der Waals surface area contributed by atoms with E-state index in [-0.39, 0.29) is 12.5 Å². The fraction of sp³-hybridized carbons (Fsp3) is 0.318. The molecule has 1 atom stereocenters. The normalized spacial score (nSPS) is 19.4. The second-order valence-corrected chi connectivity index (χ2v) is 8.01. The number of piperazine rings is 1. The minimum atomic E-state index is -0.759. The summed E-state index contributed by atoms with van der Waals surface area (Å²) in [7, 11) is 0. The van der Waals surface area contributed by atoms with Gasteiger partial charge in [0, 0.05) is 42.6 Å². The lowest BCUT2D eigenvalue weighted by atomic mass is 10.2. The standard InChI is InChI=1S/C22H22ClFN4O3/c1-15-21(30)27(22(31)28(15)18-7-5-17(24)6-8-18)14-20(29)26-11-9-25(10-12-26)19-4-2-3-16(23)13-19/h2-8,13,15H,9-12,14H2,1H3/t15-/m1/s1. The molecule has 0 aromatic heterocycles. The van der Waals surface area contributed by atoms with Crippen molar-refractivity contribution < 1.29 is 18.8 Å². The Bertz CT molecular complexity index is 1010. The van der Waals surface area contributed by atoms with Crippen molar-refractivity contribution in [3.63, 3.8) is 0 Å². The minimum Gasteiger partial charge on any atom is -0.368 e. The highest BCUT2D eigenvalue weighted by Crippen LogP contribution is 2.26. The molecular formula is C22H22ClFN4O3. The van der Waals surface area contributed by atoms with Crippen molar-refractivity contribution in [2.24, 2.45) is 0 Å². The maximum absolute atomic E-state index is 13.2. The third-order valence-corrected chi connectivity index (χ3v) is 5.89. The van der Waals surface area contributed by atoms with E-state index in [1.165, 1.54) is 29.2 Å². The Hall–Kier alpha value is -3.13. The highest BCUT2D eigenvalue weighted by molar-refractivity contribution is 6.30. The zero-order valence-corrected chi connectivity index (χ0v) is 17.8. The first kappa shape index (κ1) is 21.1. The molecule has 0 unspecified atom stereocenters. The van der Waals surface area contributed by atoms with Gasteiger partial charge in [0.1, 0.15) is 18.4 Å². The molecule has 4 rings (SSSR count). The molecule has 2 aliphatic rings. The largest absolute Gasteiger partial charge is 0.368 e. The van der Waals surface area contributed by atoms with Crippen LogP contribution in [-0.4, -0.2) is 66.4 Å². The average molecular weight is 445 g/mol. The predicted octanol–water partition coefficient (Wildman–Crippen LogP) is 2.99. The number of halogens is 2. The number of carbonyl (C=O) groups excluding carboxylic acids is 3. The second-order valence-electron chi connectivity index (χ2n) is 7.58. The van der Waals surface area contributed by atoms with Crippen LogP contribution in [0, 0.1) is 5.82 Å². The molecule has 7 nitrogen and oxygen atoms in total. The molecule has 0 saturated carbocycles. The summed E-state index contributed by atoms with van der Waals surface area (Å²) in [6.45, 7) is 3.52. The van der Waals surface area contributed by atoms with Crippen molar-refractivity contribution in [1.29, 1.82) is 0 Å². The van der Waals surface area contributed by atoms with E-state index in [9.17, 15) is 18.8 Å². The summed E-state index contributed by atoms with van der Waals surface area (Å²) in [4.78, 5) is 44.4. The van der Waals surface area contributed by atoms with Gasteiger partial charge in [-0.3, -0.25) is 19.4 Å². The van der Waals surface area contributed by atoms with Crippen molar-refractivity contribution in [1.82, 2.24) is 9.80 Å². The number of hydrogen-bond acceptors (Lipinski definition) is 4. The van der Waals surface area contributed by atoms with Crippen LogP contribution in [0.15, 0.2) is 48.5 Å². The zero-order valence-electron chi connectivity index (χ0n) is 17.0. The quantitative estimate of drug-likeness (QED) is 0.680. The summed E-state index contributed by atoms with van der Waals surface area (Å²) in [5, 5.41) is 0.655. The van der Waals surface area contributed by atoms with Crippen molar-refractivity contribution in [3.05, 3.63) is 59.4 Å². The number of urea groups is 1. The maximum Gasteiger partial charge on any atom is 0.332 e. The first-order valence-electron chi connectivity index (χ1n) is 10.0. The van der Waals surface area contributed by atoms with Crippen LogP contribution >= 0.6 is 11.6 Å². The number of hydrogen-bond donors (Lipinski definition) is 0. The number of benzene rings is 2. The van der Waals surface area contributed by atoms with Gasteiger partial charge < -0.3 is 9.80 Å². The zero-order chi connectivity index (χ0) is 22.1. The topological polar surface area (TPSA) is 64.2 Å². The molecule has 0 spiro atoms. The van der Waals surface area contributed by atoms with Crippen LogP contribution in [0.2, 0.25) is 5.02 Å². The lowest BCUT2D eigenvalue weighted by Gasteiger charge is -2.36. The first-order chi connectivity index (χ1) is 14.8. The summed E-state index contributed by atoms with van der Waals surface area (Å²) >= 11 is 6.06. The number of nitrogens with zero attached hydrogens (tertiary/aromatic N) is 4. The number of amides is 4. The summed E-state index contributed by atoms with van der Waals surface area (Å²) in [6, 6.07) is 11.6. The van der Waals surface area contributed by atoms with Gasteiger partial charge >= 0.3 is 6.03 Å². The molecule has 0 N–H and O–H groups in total. The van der Waals surface area contributed by atoms with E-state index in [1.807, 2.05) is 24.3 Å². The molecule has 9 heteroatoms. The molecule has 2 aromatic carbocycles. The molecule has 2 heterocycles. The van der Waals surface area contributed by atoms with Crippen molar-refractivity contribution in [3.8, 4) is 0 Å². The van der Waals surface area contributed by atoms with E-state index in [4.69, 9.17) is 11.6 Å². The maximum atomic E-state index is 13.2. The Morgan fingerprint density at radius 1 is 1.03 bits per heavy atom. The summed E-state index contributed by atoms with van der Waals surface area (Å²) in [5.41, 5.74) is 1.41. The number of rotatable bonds is 4. The van der Waals surface area contributed by atoms with E-state index >= 15 is 0 Å². The molecule has 2 fully saturated rings. The fourth-order valence-electron chi connectivity index (χ4n) is 3.93. The van der Waals surface area contributed by atoms with E-state index in [0.717, 1.165) is 10.6 Å². The van der Waals surface area contributed by atoms with Gasteiger partial charge in [-0.25, -0.2) is 9.18 Å². The molecular weight excluding hydrogens is 423 g/mol. The summed E-state index contributed by atoms with van der Waals surface area (Å²) in [6.07, 6.45) is 0. The molecule has 0 bridgehead atoms. The molecule has 2 aromatic rings. The fourth-order valence-corrected chi connectivity index (χ4v) is 4.11. The van der Waals surface area contributed by atoms with E-state index < -0.39 is 23.8 Å². The minimum absolute atomic E-state index is 0.277. The monoisotopic (exact) mass is 444 g/mol.